The van der Waals surface area contributed by atoms with Crippen LogP contribution in [0.25, 0.3) is 11.2 Å². The number of esters is 3. The number of ether oxygens (including phenoxy) is 4. The molecular weight excluding hydrogens is 568 g/mol. The molecule has 0 spiro atoms. The van der Waals surface area contributed by atoms with Crippen molar-refractivity contribution in [3.63, 3.8) is 0 Å². The first kappa shape index (κ1) is 29.3. The zero-order valence-electron chi connectivity index (χ0n) is 21.7. The van der Waals surface area contributed by atoms with Gasteiger partial charge in [-0.25, -0.2) is 19.7 Å². The Morgan fingerprint density at radius 1 is 1.00 bits per heavy atom. The number of benzene rings is 1. The highest BCUT2D eigenvalue weighted by Gasteiger charge is 2.51. The van der Waals surface area contributed by atoms with Crippen LogP contribution in [0.15, 0.2) is 36.9 Å². The zero-order chi connectivity index (χ0) is 29.9. The van der Waals surface area contributed by atoms with E-state index >= 15 is 0 Å². The van der Waals surface area contributed by atoms with Gasteiger partial charge in [-0.2, -0.15) is 8.42 Å². The molecule has 1 aromatic carbocycles. The Bertz CT molecular complexity index is 1610. The second-order valence-corrected chi connectivity index (χ2v) is 9.90. The highest BCUT2D eigenvalue weighted by Crippen LogP contribution is 2.36. The maximum absolute atomic E-state index is 12.7. The SMILES string of the molecule is CC(=O)Oc1ccccc1C(=O)NS(=O)(=O)OC[C@H]1O[C@@H](n2cnc3c(N)ncnc32)[C@H](OC(C)=O)[C@@H]1OC(C)=O. The number of amides is 1. The molecule has 218 valence electrons. The van der Waals surface area contributed by atoms with E-state index in [1.165, 1.54) is 41.5 Å². The Morgan fingerprint density at radius 2 is 1.68 bits per heavy atom. The van der Waals surface area contributed by atoms with E-state index in [-0.39, 0.29) is 28.3 Å². The van der Waals surface area contributed by atoms with Crippen molar-refractivity contribution in [1.29, 1.82) is 0 Å². The van der Waals surface area contributed by atoms with Crippen LogP contribution in [0.5, 0.6) is 5.75 Å². The fraction of sp³-hybridized carbons (Fsp3) is 0.348. The van der Waals surface area contributed by atoms with E-state index < -0.39 is 65.3 Å². The minimum atomic E-state index is -4.79. The fourth-order valence-corrected chi connectivity index (χ4v) is 4.74. The standard InChI is InChI=1S/C23H24N6O11S/c1-11(30)37-15-7-5-4-6-14(15)22(33)28-41(34,35)36-8-16-18(38-12(2)31)19(39-13(3)32)23(40-16)29-10-27-17-20(24)25-9-26-21(17)29/h4-7,9-10,16,18-19,23H,8H2,1-3H3,(H,28,33)(H2,24,25,26)/t16-,18-,19-,23-/m1/s1. The summed E-state index contributed by atoms with van der Waals surface area (Å²) in [6.45, 7) is 2.53. The number of hydrogen-bond acceptors (Lipinski definition) is 15. The average Bonchev–Trinajstić information content (AvgIpc) is 3.44. The molecule has 0 unspecified atom stereocenters. The molecule has 0 radical (unpaired) electrons. The van der Waals surface area contributed by atoms with Gasteiger partial charge in [-0.1, -0.05) is 12.1 Å². The minimum absolute atomic E-state index is 0.0595. The molecule has 3 N–H and O–H groups in total. The predicted octanol–water partition coefficient (Wildman–Crippen LogP) is -0.214. The predicted molar refractivity (Wildman–Crippen MR) is 135 cm³/mol. The third-order valence-corrected chi connectivity index (χ3v) is 6.42. The summed E-state index contributed by atoms with van der Waals surface area (Å²) in [4.78, 5) is 59.9. The second kappa shape index (κ2) is 11.8. The molecule has 1 amide bonds. The lowest BCUT2D eigenvalue weighted by Crippen LogP contribution is -2.41. The molecule has 0 saturated carbocycles. The topological polar surface area (TPSA) is 230 Å². The normalized spacial score (nSPS) is 20.4. The number of anilines is 1. The van der Waals surface area contributed by atoms with Gasteiger partial charge in [0.2, 0.25) is 0 Å². The van der Waals surface area contributed by atoms with E-state index in [4.69, 9.17) is 28.9 Å². The molecule has 1 fully saturated rings. The molecule has 1 saturated heterocycles. The van der Waals surface area contributed by atoms with Crippen LogP contribution in [0.4, 0.5) is 5.82 Å². The summed E-state index contributed by atoms with van der Waals surface area (Å²) >= 11 is 0. The number of carbonyl (C=O) groups excluding carboxylic acids is 4. The largest absolute Gasteiger partial charge is 0.456 e. The molecule has 3 aromatic rings. The average molecular weight is 593 g/mol. The van der Waals surface area contributed by atoms with Crippen molar-refractivity contribution in [1.82, 2.24) is 24.2 Å². The number of nitrogens with zero attached hydrogens (tertiary/aromatic N) is 4. The highest BCUT2D eigenvalue weighted by molar-refractivity contribution is 7.85. The number of hydrogen-bond donors (Lipinski definition) is 2. The third-order valence-electron chi connectivity index (χ3n) is 5.54. The third kappa shape index (κ3) is 6.73. The van der Waals surface area contributed by atoms with Crippen LogP contribution in [-0.2, 0) is 43.1 Å². The number of imidazole rings is 1. The molecule has 41 heavy (non-hydrogen) atoms. The lowest BCUT2D eigenvalue weighted by Gasteiger charge is -2.23. The summed E-state index contributed by atoms with van der Waals surface area (Å²) in [5.74, 6) is -3.54. The Balaban J connectivity index is 1.57. The van der Waals surface area contributed by atoms with Gasteiger partial charge < -0.3 is 24.7 Å². The molecule has 3 heterocycles. The maximum atomic E-state index is 12.7. The van der Waals surface area contributed by atoms with Crippen LogP contribution >= 0.6 is 0 Å². The molecule has 0 bridgehead atoms. The summed E-state index contributed by atoms with van der Waals surface area (Å²) in [5, 5.41) is 0. The number of carbonyl (C=O) groups is 4. The maximum Gasteiger partial charge on any atom is 0.362 e. The van der Waals surface area contributed by atoms with Crippen LogP contribution < -0.4 is 15.2 Å². The van der Waals surface area contributed by atoms with Gasteiger partial charge in [0.25, 0.3) is 5.91 Å². The van der Waals surface area contributed by atoms with E-state index in [0.29, 0.717) is 0 Å². The van der Waals surface area contributed by atoms with E-state index in [0.717, 1.165) is 20.8 Å². The van der Waals surface area contributed by atoms with Crippen LogP contribution in [0.1, 0.15) is 37.4 Å². The number of nitrogens with one attached hydrogen (secondary N) is 1. The summed E-state index contributed by atoms with van der Waals surface area (Å²) in [6, 6.07) is 5.44. The van der Waals surface area contributed by atoms with Crippen molar-refractivity contribution in [3.05, 3.63) is 42.5 Å². The van der Waals surface area contributed by atoms with Crippen LogP contribution in [-0.4, -0.2) is 76.7 Å². The van der Waals surface area contributed by atoms with Crippen LogP contribution in [0.3, 0.4) is 0 Å². The first-order valence-electron chi connectivity index (χ1n) is 11.8. The number of para-hydroxylation sites is 1. The lowest BCUT2D eigenvalue weighted by atomic mass is 10.1. The van der Waals surface area contributed by atoms with Crippen molar-refractivity contribution in [2.45, 2.75) is 45.3 Å². The Kier molecular flexibility index (Phi) is 8.45. The summed E-state index contributed by atoms with van der Waals surface area (Å²) in [6.07, 6.45) is -2.75. The quantitative estimate of drug-likeness (QED) is 0.242. The van der Waals surface area contributed by atoms with Crippen molar-refractivity contribution in [2.75, 3.05) is 12.3 Å². The first-order chi connectivity index (χ1) is 19.4. The molecule has 4 rings (SSSR count). The molecule has 0 aliphatic carbocycles. The lowest BCUT2D eigenvalue weighted by molar-refractivity contribution is -0.165. The number of nitrogen functional groups attached to an aromatic ring is 1. The van der Waals surface area contributed by atoms with E-state index in [2.05, 4.69) is 15.0 Å². The molecule has 1 aliphatic heterocycles. The Labute approximate surface area is 232 Å². The number of fused-ring (bicyclic) bond motifs is 1. The van der Waals surface area contributed by atoms with Gasteiger partial charge >= 0.3 is 28.2 Å². The van der Waals surface area contributed by atoms with Crippen molar-refractivity contribution >= 4 is 51.1 Å². The minimum Gasteiger partial charge on any atom is -0.456 e. The van der Waals surface area contributed by atoms with Crippen LogP contribution in [0.2, 0.25) is 0 Å². The Hall–Kier alpha value is -4.68. The summed E-state index contributed by atoms with van der Waals surface area (Å²) < 4.78 is 54.9. The second-order valence-electron chi connectivity index (χ2n) is 8.56. The number of rotatable bonds is 9. The highest BCUT2D eigenvalue weighted by atomic mass is 32.2. The van der Waals surface area contributed by atoms with Gasteiger partial charge in [-0.05, 0) is 12.1 Å². The van der Waals surface area contributed by atoms with E-state index in [1.807, 2.05) is 0 Å². The van der Waals surface area contributed by atoms with Crippen molar-refractivity contribution < 1.29 is 50.7 Å². The van der Waals surface area contributed by atoms with E-state index in [1.54, 1.807) is 4.72 Å². The number of aromatic nitrogens is 4. The molecule has 17 nitrogen and oxygen atoms in total. The van der Waals surface area contributed by atoms with Gasteiger partial charge in [0.1, 0.15) is 23.7 Å². The van der Waals surface area contributed by atoms with Gasteiger partial charge in [-0.15, -0.1) is 0 Å². The number of nitrogens with two attached hydrogens (primary N) is 1. The Morgan fingerprint density at radius 3 is 2.37 bits per heavy atom. The molecule has 18 heteroatoms. The van der Waals surface area contributed by atoms with Crippen molar-refractivity contribution in [2.24, 2.45) is 0 Å². The molecule has 1 aliphatic rings. The first-order valence-corrected chi connectivity index (χ1v) is 13.2. The van der Waals surface area contributed by atoms with E-state index in [9.17, 15) is 27.6 Å². The molecule has 4 atom stereocenters. The van der Waals surface area contributed by atoms with Gasteiger partial charge in [0.05, 0.1) is 18.5 Å². The van der Waals surface area contributed by atoms with Gasteiger partial charge in [-0.3, -0.25) is 27.9 Å². The van der Waals surface area contributed by atoms with Crippen molar-refractivity contribution in [3.8, 4) is 5.75 Å². The zero-order valence-corrected chi connectivity index (χ0v) is 22.6. The summed E-state index contributed by atoms with van der Waals surface area (Å²) in [7, 11) is -4.79. The monoisotopic (exact) mass is 592 g/mol. The fourth-order valence-electron chi connectivity index (χ4n) is 4.03. The smallest absolute Gasteiger partial charge is 0.362 e. The van der Waals surface area contributed by atoms with Gasteiger partial charge in [0, 0.05) is 20.8 Å². The van der Waals surface area contributed by atoms with Crippen LogP contribution in [0, 0.1) is 0 Å². The molecular formula is C23H24N6O11S. The summed E-state index contributed by atoms with van der Waals surface area (Å²) in [5.41, 5.74) is 5.99. The molecule has 2 aromatic heterocycles. The van der Waals surface area contributed by atoms with Gasteiger partial charge in [0.15, 0.2) is 29.9 Å².